The maximum absolute atomic E-state index is 12.9. The van der Waals surface area contributed by atoms with Gasteiger partial charge in [0.2, 0.25) is 0 Å². The van der Waals surface area contributed by atoms with E-state index in [-0.39, 0.29) is 11.1 Å². The first-order chi connectivity index (χ1) is 12.9. The van der Waals surface area contributed by atoms with Crippen molar-refractivity contribution < 1.29 is 9.90 Å². The Labute approximate surface area is 157 Å². The third kappa shape index (κ3) is 3.82. The summed E-state index contributed by atoms with van der Waals surface area (Å²) in [4.78, 5) is 28.7. The second kappa shape index (κ2) is 7.58. The third-order valence-electron chi connectivity index (χ3n) is 4.54. The molecular formula is C22H22N2O3. The van der Waals surface area contributed by atoms with Crippen LogP contribution >= 0.6 is 0 Å². The Hall–Kier alpha value is -3.21. The molecule has 0 aliphatic carbocycles. The molecule has 0 unspecified atom stereocenters. The Balaban J connectivity index is 2.15. The van der Waals surface area contributed by atoms with Gasteiger partial charge in [0.1, 0.15) is 5.65 Å². The van der Waals surface area contributed by atoms with Gasteiger partial charge in [0.05, 0.1) is 11.3 Å². The van der Waals surface area contributed by atoms with E-state index in [1.54, 1.807) is 6.07 Å². The van der Waals surface area contributed by atoms with Gasteiger partial charge in [0, 0.05) is 11.8 Å². The first-order valence-electron chi connectivity index (χ1n) is 8.94. The number of aromatic nitrogens is 2. The first-order valence-corrected chi connectivity index (χ1v) is 8.94. The standard InChI is InChI=1S/C22H22N2O3/c1-4-5-18-19(10-8-16-7-6-14(2)12-15(16)3)23-20-11-9-17(22(26)27)13-24(20)21(18)25/h6-13H,4-5H2,1-3H3,(H,26,27). The number of fused-ring (bicyclic) bond motifs is 1. The lowest BCUT2D eigenvalue weighted by atomic mass is 10.0. The van der Waals surface area contributed by atoms with Crippen molar-refractivity contribution in [3.05, 3.63) is 80.4 Å². The van der Waals surface area contributed by atoms with Gasteiger partial charge >= 0.3 is 5.97 Å². The molecule has 1 aromatic carbocycles. The predicted molar refractivity (Wildman–Crippen MR) is 107 cm³/mol. The molecule has 5 nitrogen and oxygen atoms in total. The van der Waals surface area contributed by atoms with Crippen molar-refractivity contribution in [3.63, 3.8) is 0 Å². The lowest BCUT2D eigenvalue weighted by molar-refractivity contribution is 0.0696. The van der Waals surface area contributed by atoms with Crippen LogP contribution in [0.3, 0.4) is 0 Å². The predicted octanol–water partition coefficient (Wildman–Crippen LogP) is 4.13. The summed E-state index contributed by atoms with van der Waals surface area (Å²) < 4.78 is 1.32. The quantitative estimate of drug-likeness (QED) is 0.741. The molecule has 0 fully saturated rings. The van der Waals surface area contributed by atoms with Crippen LogP contribution in [-0.2, 0) is 6.42 Å². The highest BCUT2D eigenvalue weighted by molar-refractivity contribution is 5.87. The summed E-state index contributed by atoms with van der Waals surface area (Å²) in [7, 11) is 0. The summed E-state index contributed by atoms with van der Waals surface area (Å²) in [6.07, 6.45) is 6.56. The zero-order chi connectivity index (χ0) is 19.6. The molecule has 2 heterocycles. The fourth-order valence-corrected chi connectivity index (χ4v) is 3.12. The van der Waals surface area contributed by atoms with E-state index in [1.807, 2.05) is 25.1 Å². The van der Waals surface area contributed by atoms with Gasteiger partial charge in [0.25, 0.3) is 5.56 Å². The number of benzene rings is 1. The molecular weight excluding hydrogens is 340 g/mol. The van der Waals surface area contributed by atoms with E-state index >= 15 is 0 Å². The molecule has 0 bridgehead atoms. The van der Waals surface area contributed by atoms with Crippen LogP contribution in [0.15, 0.2) is 41.3 Å². The smallest absolute Gasteiger partial charge is 0.337 e. The number of carbonyl (C=O) groups is 1. The van der Waals surface area contributed by atoms with Crippen LogP contribution in [0.1, 0.15) is 51.7 Å². The van der Waals surface area contributed by atoms with Crippen LogP contribution in [0, 0.1) is 13.8 Å². The molecule has 0 radical (unpaired) electrons. The number of aromatic carboxylic acids is 1. The van der Waals surface area contributed by atoms with Gasteiger partial charge in [-0.05, 0) is 49.6 Å². The molecule has 0 aliphatic rings. The molecule has 138 valence electrons. The summed E-state index contributed by atoms with van der Waals surface area (Å²) >= 11 is 0. The van der Waals surface area contributed by atoms with Crippen LogP contribution in [-0.4, -0.2) is 20.5 Å². The van der Waals surface area contributed by atoms with Gasteiger partial charge < -0.3 is 5.11 Å². The molecule has 2 aromatic heterocycles. The normalized spacial score (nSPS) is 11.4. The molecule has 5 heteroatoms. The van der Waals surface area contributed by atoms with Crippen molar-refractivity contribution in [1.82, 2.24) is 9.38 Å². The molecule has 27 heavy (non-hydrogen) atoms. The van der Waals surface area contributed by atoms with Gasteiger partial charge in [0.15, 0.2) is 0 Å². The van der Waals surface area contributed by atoms with Gasteiger partial charge in [-0.3, -0.25) is 9.20 Å². The van der Waals surface area contributed by atoms with E-state index in [1.165, 1.54) is 22.2 Å². The largest absolute Gasteiger partial charge is 0.478 e. The Morgan fingerprint density at radius 1 is 1.19 bits per heavy atom. The maximum atomic E-state index is 12.9. The Morgan fingerprint density at radius 2 is 1.96 bits per heavy atom. The SMILES string of the molecule is CCCc1c(C=Cc2ccc(C)cc2C)nc2ccc(C(=O)O)cn2c1=O. The van der Waals surface area contributed by atoms with Crippen molar-refractivity contribution in [2.45, 2.75) is 33.6 Å². The lowest BCUT2D eigenvalue weighted by Crippen LogP contribution is -2.22. The van der Waals surface area contributed by atoms with E-state index in [2.05, 4.69) is 31.0 Å². The number of nitrogens with zero attached hydrogens (tertiary/aromatic N) is 2. The minimum atomic E-state index is -1.07. The van der Waals surface area contributed by atoms with Crippen molar-refractivity contribution >= 4 is 23.8 Å². The minimum absolute atomic E-state index is 0.0624. The average Bonchev–Trinajstić information content (AvgIpc) is 2.63. The van der Waals surface area contributed by atoms with Crippen LogP contribution in [0.2, 0.25) is 0 Å². The second-order valence-electron chi connectivity index (χ2n) is 6.68. The van der Waals surface area contributed by atoms with Crippen molar-refractivity contribution in [2.24, 2.45) is 0 Å². The van der Waals surface area contributed by atoms with Gasteiger partial charge in [-0.2, -0.15) is 0 Å². The van der Waals surface area contributed by atoms with Crippen molar-refractivity contribution in [1.29, 1.82) is 0 Å². The fourth-order valence-electron chi connectivity index (χ4n) is 3.12. The molecule has 3 rings (SSSR count). The van der Waals surface area contributed by atoms with Crippen LogP contribution in [0.4, 0.5) is 0 Å². The average molecular weight is 362 g/mol. The first kappa shape index (κ1) is 18.6. The number of rotatable bonds is 5. The summed E-state index contributed by atoms with van der Waals surface area (Å²) in [5, 5.41) is 9.17. The van der Waals surface area contributed by atoms with E-state index in [0.717, 1.165) is 17.5 Å². The number of hydrogen-bond acceptors (Lipinski definition) is 3. The summed E-state index contributed by atoms with van der Waals surface area (Å²) in [5.74, 6) is -1.07. The van der Waals surface area contributed by atoms with Gasteiger partial charge in [-0.15, -0.1) is 0 Å². The molecule has 3 aromatic rings. The highest BCUT2D eigenvalue weighted by Crippen LogP contribution is 2.16. The van der Waals surface area contributed by atoms with Crippen molar-refractivity contribution in [2.75, 3.05) is 0 Å². The summed E-state index contributed by atoms with van der Waals surface area (Å²) in [6.45, 7) is 6.10. The number of hydrogen-bond donors (Lipinski definition) is 1. The molecule has 0 saturated carbocycles. The third-order valence-corrected chi connectivity index (χ3v) is 4.54. The summed E-state index contributed by atoms with van der Waals surface area (Å²) in [5.41, 5.74) is 4.94. The molecule has 0 amide bonds. The van der Waals surface area contributed by atoms with Crippen LogP contribution in [0.5, 0.6) is 0 Å². The Bertz CT molecular complexity index is 1110. The zero-order valence-electron chi connectivity index (χ0n) is 15.7. The van der Waals surface area contributed by atoms with E-state index < -0.39 is 5.97 Å². The highest BCUT2D eigenvalue weighted by atomic mass is 16.4. The zero-order valence-corrected chi connectivity index (χ0v) is 15.7. The molecule has 0 aliphatic heterocycles. The monoisotopic (exact) mass is 362 g/mol. The fraction of sp³-hybridized carbons (Fsp3) is 0.227. The number of pyridine rings is 1. The van der Waals surface area contributed by atoms with Crippen LogP contribution < -0.4 is 5.56 Å². The van der Waals surface area contributed by atoms with Crippen LogP contribution in [0.25, 0.3) is 17.8 Å². The maximum Gasteiger partial charge on any atom is 0.337 e. The van der Waals surface area contributed by atoms with E-state index in [0.29, 0.717) is 23.3 Å². The van der Waals surface area contributed by atoms with Crippen molar-refractivity contribution in [3.8, 4) is 0 Å². The van der Waals surface area contributed by atoms with E-state index in [4.69, 9.17) is 0 Å². The molecule has 0 spiro atoms. The Kier molecular flexibility index (Phi) is 5.21. The lowest BCUT2D eigenvalue weighted by Gasteiger charge is -2.09. The molecule has 1 N–H and O–H groups in total. The minimum Gasteiger partial charge on any atom is -0.478 e. The Morgan fingerprint density at radius 3 is 2.63 bits per heavy atom. The highest BCUT2D eigenvalue weighted by Gasteiger charge is 2.12. The number of carboxylic acid groups (broad SMARTS) is 1. The topological polar surface area (TPSA) is 71.7 Å². The molecule has 0 atom stereocenters. The summed E-state index contributed by atoms with van der Waals surface area (Å²) in [6, 6.07) is 9.24. The molecule has 0 saturated heterocycles. The van der Waals surface area contributed by atoms with Gasteiger partial charge in [-0.1, -0.05) is 43.2 Å². The van der Waals surface area contributed by atoms with Gasteiger partial charge in [-0.25, -0.2) is 9.78 Å². The van der Waals surface area contributed by atoms with E-state index in [9.17, 15) is 14.7 Å². The second-order valence-corrected chi connectivity index (χ2v) is 6.68. The number of carboxylic acids is 1. The number of aryl methyl sites for hydroxylation is 2.